The Kier molecular flexibility index (Phi) is 4.54. The third-order valence-electron chi connectivity index (χ3n) is 2.65. The second kappa shape index (κ2) is 5.58. The summed E-state index contributed by atoms with van der Waals surface area (Å²) in [4.78, 5) is 10.7. The van der Waals surface area contributed by atoms with Crippen LogP contribution in [0.1, 0.15) is 18.1 Å². The van der Waals surface area contributed by atoms with Crippen LogP contribution in [0.15, 0.2) is 17.0 Å². The minimum atomic E-state index is -3.86. The molecule has 0 radical (unpaired) electrons. The average molecular weight is 287 g/mol. The number of ether oxygens (including phenoxy) is 1. The van der Waals surface area contributed by atoms with Crippen LogP contribution in [0, 0.1) is 13.8 Å². The summed E-state index contributed by atoms with van der Waals surface area (Å²) in [6.07, 6.45) is 0. The van der Waals surface area contributed by atoms with E-state index in [1.165, 1.54) is 26.2 Å². The molecular formula is C12H17NO5S. The van der Waals surface area contributed by atoms with Crippen molar-refractivity contribution >= 4 is 16.0 Å². The fourth-order valence-electron chi connectivity index (χ4n) is 1.74. The first-order valence-corrected chi connectivity index (χ1v) is 7.07. The lowest BCUT2D eigenvalue weighted by atomic mass is 10.1. The van der Waals surface area contributed by atoms with Gasteiger partial charge in [0.15, 0.2) is 0 Å². The molecule has 0 aliphatic carbocycles. The molecule has 0 amide bonds. The Bertz CT molecular complexity index is 571. The van der Waals surface area contributed by atoms with Gasteiger partial charge in [-0.1, -0.05) is 0 Å². The summed E-state index contributed by atoms with van der Waals surface area (Å²) in [6.45, 7) is 4.72. The molecule has 1 unspecified atom stereocenters. The Balaban J connectivity index is 3.20. The molecule has 106 valence electrons. The molecular weight excluding hydrogens is 270 g/mol. The van der Waals surface area contributed by atoms with E-state index in [0.29, 0.717) is 16.9 Å². The summed E-state index contributed by atoms with van der Waals surface area (Å²) in [5.41, 5.74) is 1.34. The molecule has 0 fully saturated rings. The SMILES string of the molecule is COc1c(C)cc(S(=O)(=O)NC(C)C(=O)O)cc1C. The van der Waals surface area contributed by atoms with Crippen molar-refractivity contribution in [2.75, 3.05) is 7.11 Å². The van der Waals surface area contributed by atoms with Crippen LogP contribution in [0.5, 0.6) is 5.75 Å². The average Bonchev–Trinajstić information content (AvgIpc) is 2.27. The van der Waals surface area contributed by atoms with Crippen molar-refractivity contribution in [2.45, 2.75) is 31.7 Å². The van der Waals surface area contributed by atoms with E-state index in [-0.39, 0.29) is 4.90 Å². The molecule has 1 aromatic carbocycles. The molecule has 1 rings (SSSR count). The molecule has 0 aliphatic heterocycles. The molecule has 0 aromatic heterocycles. The van der Waals surface area contributed by atoms with Crippen LogP contribution in [0.3, 0.4) is 0 Å². The highest BCUT2D eigenvalue weighted by Crippen LogP contribution is 2.26. The van der Waals surface area contributed by atoms with Crippen LogP contribution >= 0.6 is 0 Å². The second-order valence-electron chi connectivity index (χ2n) is 4.27. The van der Waals surface area contributed by atoms with Crippen molar-refractivity contribution in [3.05, 3.63) is 23.3 Å². The molecule has 0 saturated carbocycles. The Morgan fingerprint density at radius 2 is 1.79 bits per heavy atom. The number of methoxy groups -OCH3 is 1. The van der Waals surface area contributed by atoms with Gasteiger partial charge in [0, 0.05) is 0 Å². The lowest BCUT2D eigenvalue weighted by Crippen LogP contribution is -2.38. The Labute approximate surface area is 112 Å². The van der Waals surface area contributed by atoms with E-state index >= 15 is 0 Å². The highest BCUT2D eigenvalue weighted by Gasteiger charge is 2.22. The third-order valence-corrected chi connectivity index (χ3v) is 4.17. The molecule has 0 spiro atoms. The smallest absolute Gasteiger partial charge is 0.321 e. The summed E-state index contributed by atoms with van der Waals surface area (Å²) in [7, 11) is -2.35. The highest BCUT2D eigenvalue weighted by molar-refractivity contribution is 7.89. The minimum absolute atomic E-state index is 0.0244. The van der Waals surface area contributed by atoms with Crippen molar-refractivity contribution in [3.63, 3.8) is 0 Å². The number of hydrogen-bond donors (Lipinski definition) is 2. The predicted molar refractivity (Wildman–Crippen MR) is 69.9 cm³/mol. The van der Waals surface area contributed by atoms with Crippen LogP contribution in [0.4, 0.5) is 0 Å². The Hall–Kier alpha value is -1.60. The van der Waals surface area contributed by atoms with Crippen molar-refractivity contribution in [2.24, 2.45) is 0 Å². The molecule has 6 nitrogen and oxygen atoms in total. The van der Waals surface area contributed by atoms with Gasteiger partial charge in [-0.15, -0.1) is 0 Å². The first-order valence-electron chi connectivity index (χ1n) is 5.59. The highest BCUT2D eigenvalue weighted by atomic mass is 32.2. The summed E-state index contributed by atoms with van der Waals surface area (Å²) in [5.74, 6) is -0.615. The fraction of sp³-hybridized carbons (Fsp3) is 0.417. The van der Waals surface area contributed by atoms with Gasteiger partial charge in [0.25, 0.3) is 0 Å². The number of carbonyl (C=O) groups is 1. The van der Waals surface area contributed by atoms with Crippen molar-refractivity contribution in [1.29, 1.82) is 0 Å². The number of aryl methyl sites for hydroxylation is 2. The quantitative estimate of drug-likeness (QED) is 0.845. The van der Waals surface area contributed by atoms with Gasteiger partial charge in [0.2, 0.25) is 10.0 Å². The largest absolute Gasteiger partial charge is 0.496 e. The molecule has 1 aromatic rings. The predicted octanol–water partition coefficient (Wildman–Crippen LogP) is 1.06. The molecule has 2 N–H and O–H groups in total. The van der Waals surface area contributed by atoms with Gasteiger partial charge in [0.1, 0.15) is 11.8 Å². The second-order valence-corrected chi connectivity index (χ2v) is 5.99. The monoisotopic (exact) mass is 287 g/mol. The molecule has 0 heterocycles. The standard InChI is InChI=1S/C12H17NO5S/c1-7-5-10(6-8(2)11(7)18-4)19(16,17)13-9(3)12(14)15/h5-6,9,13H,1-4H3,(H,14,15). The van der Waals surface area contributed by atoms with Crippen molar-refractivity contribution in [3.8, 4) is 5.75 Å². The number of sulfonamides is 1. The molecule has 7 heteroatoms. The summed E-state index contributed by atoms with van der Waals surface area (Å²) >= 11 is 0. The maximum Gasteiger partial charge on any atom is 0.321 e. The topological polar surface area (TPSA) is 92.7 Å². The van der Waals surface area contributed by atoms with E-state index in [2.05, 4.69) is 4.72 Å². The van der Waals surface area contributed by atoms with Crippen LogP contribution in [-0.4, -0.2) is 32.6 Å². The maximum absolute atomic E-state index is 12.0. The Morgan fingerprint density at radius 3 is 2.16 bits per heavy atom. The molecule has 0 bridgehead atoms. The van der Waals surface area contributed by atoms with Crippen LogP contribution in [0.25, 0.3) is 0 Å². The number of rotatable bonds is 5. The van der Waals surface area contributed by atoms with Crippen LogP contribution in [0.2, 0.25) is 0 Å². The van der Waals surface area contributed by atoms with E-state index < -0.39 is 22.0 Å². The van der Waals surface area contributed by atoms with Crippen molar-refractivity contribution < 1.29 is 23.1 Å². The fourth-order valence-corrected chi connectivity index (χ4v) is 3.11. The summed E-state index contributed by atoms with van der Waals surface area (Å²) < 4.78 is 31.3. The van der Waals surface area contributed by atoms with E-state index in [0.717, 1.165) is 0 Å². The van der Waals surface area contributed by atoms with Crippen molar-refractivity contribution in [1.82, 2.24) is 4.72 Å². The number of hydrogen-bond acceptors (Lipinski definition) is 4. The van der Waals surface area contributed by atoms with Gasteiger partial charge in [-0.05, 0) is 44.0 Å². The van der Waals surface area contributed by atoms with Gasteiger partial charge >= 0.3 is 5.97 Å². The molecule has 0 aliphatic rings. The van der Waals surface area contributed by atoms with Crippen LogP contribution in [-0.2, 0) is 14.8 Å². The lowest BCUT2D eigenvalue weighted by molar-refractivity contribution is -0.138. The van der Waals surface area contributed by atoms with Crippen LogP contribution < -0.4 is 9.46 Å². The zero-order valence-corrected chi connectivity index (χ0v) is 12.0. The Morgan fingerprint density at radius 1 is 1.32 bits per heavy atom. The van der Waals surface area contributed by atoms with Gasteiger partial charge in [-0.2, -0.15) is 4.72 Å². The molecule has 1 atom stereocenters. The maximum atomic E-state index is 12.0. The number of aliphatic carboxylic acids is 1. The van der Waals surface area contributed by atoms with E-state index in [4.69, 9.17) is 9.84 Å². The number of benzene rings is 1. The number of carboxylic acids is 1. The number of carboxylic acid groups (broad SMARTS) is 1. The molecule has 19 heavy (non-hydrogen) atoms. The van der Waals surface area contributed by atoms with Gasteiger partial charge in [-0.3, -0.25) is 4.79 Å². The summed E-state index contributed by atoms with van der Waals surface area (Å²) in [6, 6.07) is 1.71. The van der Waals surface area contributed by atoms with E-state index in [1.807, 2.05) is 0 Å². The van der Waals surface area contributed by atoms with Gasteiger partial charge in [0.05, 0.1) is 12.0 Å². The molecule has 0 saturated heterocycles. The number of nitrogens with one attached hydrogen (secondary N) is 1. The summed E-state index contributed by atoms with van der Waals surface area (Å²) in [5, 5.41) is 8.74. The van der Waals surface area contributed by atoms with E-state index in [1.54, 1.807) is 13.8 Å². The van der Waals surface area contributed by atoms with E-state index in [9.17, 15) is 13.2 Å². The van der Waals surface area contributed by atoms with Gasteiger partial charge in [-0.25, -0.2) is 8.42 Å². The first-order chi connectivity index (χ1) is 8.69. The first kappa shape index (κ1) is 15.5. The third kappa shape index (κ3) is 3.45. The zero-order valence-electron chi connectivity index (χ0n) is 11.2. The zero-order chi connectivity index (χ0) is 14.8. The lowest BCUT2D eigenvalue weighted by Gasteiger charge is -2.14. The minimum Gasteiger partial charge on any atom is -0.496 e. The van der Waals surface area contributed by atoms with Gasteiger partial charge < -0.3 is 9.84 Å². The normalized spacial score (nSPS) is 13.1.